The molecule has 0 N–H and O–H groups in total. The summed E-state index contributed by atoms with van der Waals surface area (Å²) in [5, 5.41) is 0.441. The highest BCUT2D eigenvalue weighted by Gasteiger charge is 2.26. The van der Waals surface area contributed by atoms with Crippen molar-refractivity contribution in [1.82, 2.24) is 0 Å². The summed E-state index contributed by atoms with van der Waals surface area (Å²) in [6.45, 7) is -1.76. The van der Waals surface area contributed by atoms with Gasteiger partial charge in [-0.2, -0.15) is 0 Å². The molecule has 0 aliphatic rings. The Morgan fingerprint density at radius 2 is 1.38 bits per heavy atom. The van der Waals surface area contributed by atoms with Gasteiger partial charge in [0.15, 0.2) is 29.9 Å². The highest BCUT2D eigenvalue weighted by atomic mass is 35.5. The molecule has 24 heavy (non-hydrogen) atoms. The maximum atomic E-state index is 13.4. The number of carbonyl (C=O) groups excluding carboxylic acids is 1. The van der Waals surface area contributed by atoms with Gasteiger partial charge < -0.3 is 9.47 Å². The third-order valence-corrected chi connectivity index (χ3v) is 3.10. The molecule has 0 saturated carbocycles. The van der Waals surface area contributed by atoms with Gasteiger partial charge in [-0.05, 0) is 24.3 Å². The van der Waals surface area contributed by atoms with Gasteiger partial charge in [0.25, 0.3) is 0 Å². The van der Waals surface area contributed by atoms with Crippen molar-refractivity contribution in [3.8, 4) is 5.75 Å². The lowest BCUT2D eigenvalue weighted by molar-refractivity contribution is -0.147. The fourth-order valence-electron chi connectivity index (χ4n) is 1.64. The topological polar surface area (TPSA) is 35.5 Å². The quantitative estimate of drug-likeness (QED) is 0.345. The first-order valence-electron chi connectivity index (χ1n) is 6.35. The molecule has 2 aromatic rings. The lowest BCUT2D eigenvalue weighted by Gasteiger charge is -2.10. The van der Waals surface area contributed by atoms with Crippen LogP contribution in [0.5, 0.6) is 5.75 Å². The summed E-state index contributed by atoms with van der Waals surface area (Å²) < 4.78 is 75.1. The summed E-state index contributed by atoms with van der Waals surface area (Å²) in [6.07, 6.45) is 0. The molecule has 0 saturated heterocycles. The summed E-state index contributed by atoms with van der Waals surface area (Å²) in [7, 11) is 0. The van der Waals surface area contributed by atoms with Crippen molar-refractivity contribution in [2.45, 2.75) is 6.61 Å². The lowest BCUT2D eigenvalue weighted by Crippen LogP contribution is -2.17. The smallest absolute Gasteiger partial charge is 0.344 e. The van der Waals surface area contributed by atoms with Crippen LogP contribution in [0.25, 0.3) is 0 Å². The van der Waals surface area contributed by atoms with E-state index in [-0.39, 0.29) is 5.75 Å². The highest BCUT2D eigenvalue weighted by Crippen LogP contribution is 2.23. The first kappa shape index (κ1) is 18.0. The third-order valence-electron chi connectivity index (χ3n) is 2.85. The van der Waals surface area contributed by atoms with E-state index < -0.39 is 53.8 Å². The first-order chi connectivity index (χ1) is 11.3. The van der Waals surface area contributed by atoms with Crippen molar-refractivity contribution in [3.05, 3.63) is 63.9 Å². The molecule has 2 aromatic carbocycles. The molecule has 0 amide bonds. The predicted octanol–water partition coefficient (Wildman–Crippen LogP) is 4.16. The van der Waals surface area contributed by atoms with Gasteiger partial charge in [-0.25, -0.2) is 26.7 Å². The van der Waals surface area contributed by atoms with Crippen LogP contribution in [0.2, 0.25) is 5.02 Å². The van der Waals surface area contributed by atoms with Crippen LogP contribution in [0, 0.1) is 29.1 Å². The standard InChI is InChI=1S/C15H8ClF5O3/c16-7-1-3-8(4-2-7)23-6-10(22)24-5-9-11(17)13(19)15(21)14(20)12(9)18/h1-4H,5-6H2. The number of benzene rings is 2. The van der Waals surface area contributed by atoms with Crippen LogP contribution in [-0.4, -0.2) is 12.6 Å². The molecule has 2 rings (SSSR count). The summed E-state index contributed by atoms with van der Waals surface area (Å²) in [6, 6.07) is 5.91. The van der Waals surface area contributed by atoms with Crippen LogP contribution in [0.15, 0.2) is 24.3 Å². The fraction of sp³-hybridized carbons (Fsp3) is 0.133. The van der Waals surface area contributed by atoms with Crippen LogP contribution in [0.4, 0.5) is 22.0 Å². The van der Waals surface area contributed by atoms with Crippen molar-refractivity contribution in [3.63, 3.8) is 0 Å². The lowest BCUT2D eigenvalue weighted by atomic mass is 10.2. The van der Waals surface area contributed by atoms with E-state index in [2.05, 4.69) is 4.74 Å². The molecule has 0 unspecified atom stereocenters. The number of rotatable bonds is 5. The molecule has 0 aliphatic carbocycles. The van der Waals surface area contributed by atoms with Crippen LogP contribution in [0.1, 0.15) is 5.56 Å². The molecule has 0 bridgehead atoms. The van der Waals surface area contributed by atoms with E-state index in [0.717, 1.165) is 0 Å². The number of carbonyl (C=O) groups is 1. The van der Waals surface area contributed by atoms with E-state index in [9.17, 15) is 26.7 Å². The number of halogens is 6. The average Bonchev–Trinajstić information content (AvgIpc) is 2.57. The maximum absolute atomic E-state index is 13.4. The Kier molecular flexibility index (Phi) is 5.61. The summed E-state index contributed by atoms with van der Waals surface area (Å²) in [4.78, 5) is 11.4. The predicted molar refractivity (Wildman–Crippen MR) is 73.0 cm³/mol. The van der Waals surface area contributed by atoms with E-state index >= 15 is 0 Å². The molecule has 0 aliphatic heterocycles. The van der Waals surface area contributed by atoms with Crippen molar-refractivity contribution in [2.24, 2.45) is 0 Å². The van der Waals surface area contributed by atoms with E-state index in [1.165, 1.54) is 24.3 Å². The molecule has 0 aromatic heterocycles. The zero-order chi connectivity index (χ0) is 17.9. The second-order valence-electron chi connectivity index (χ2n) is 4.45. The van der Waals surface area contributed by atoms with Gasteiger partial charge in [0, 0.05) is 5.02 Å². The molecule has 0 spiro atoms. The number of ether oxygens (including phenoxy) is 2. The normalized spacial score (nSPS) is 10.6. The van der Waals surface area contributed by atoms with Gasteiger partial charge in [-0.3, -0.25) is 0 Å². The Hall–Kier alpha value is -2.35. The second-order valence-corrected chi connectivity index (χ2v) is 4.89. The Labute approximate surface area is 137 Å². The van der Waals surface area contributed by atoms with Crippen molar-refractivity contribution in [1.29, 1.82) is 0 Å². The highest BCUT2D eigenvalue weighted by molar-refractivity contribution is 6.30. The minimum absolute atomic E-state index is 0.271. The first-order valence-corrected chi connectivity index (χ1v) is 6.73. The minimum atomic E-state index is -2.29. The van der Waals surface area contributed by atoms with Crippen molar-refractivity contribution in [2.75, 3.05) is 6.61 Å². The largest absolute Gasteiger partial charge is 0.482 e. The maximum Gasteiger partial charge on any atom is 0.344 e. The zero-order valence-corrected chi connectivity index (χ0v) is 12.5. The third kappa shape index (κ3) is 3.94. The Morgan fingerprint density at radius 3 is 1.92 bits per heavy atom. The minimum Gasteiger partial charge on any atom is -0.482 e. The molecular formula is C15H8ClF5O3. The molecular weight excluding hydrogens is 359 g/mol. The van der Waals surface area contributed by atoms with Crippen molar-refractivity contribution < 1.29 is 36.2 Å². The van der Waals surface area contributed by atoms with E-state index in [0.29, 0.717) is 5.02 Å². The van der Waals surface area contributed by atoms with Crippen LogP contribution >= 0.6 is 11.6 Å². The summed E-state index contributed by atoms with van der Waals surface area (Å²) in [5.41, 5.74) is -1.24. The van der Waals surface area contributed by atoms with E-state index in [1.54, 1.807) is 0 Å². The zero-order valence-electron chi connectivity index (χ0n) is 11.7. The number of hydrogen-bond acceptors (Lipinski definition) is 3. The van der Waals surface area contributed by atoms with Crippen LogP contribution < -0.4 is 4.74 Å². The monoisotopic (exact) mass is 366 g/mol. The van der Waals surface area contributed by atoms with Gasteiger partial charge in [0.2, 0.25) is 5.82 Å². The van der Waals surface area contributed by atoms with Crippen molar-refractivity contribution >= 4 is 17.6 Å². The molecule has 3 nitrogen and oxygen atoms in total. The molecule has 9 heteroatoms. The van der Waals surface area contributed by atoms with E-state index in [4.69, 9.17) is 16.3 Å². The molecule has 0 fully saturated rings. The number of hydrogen-bond donors (Lipinski definition) is 0. The molecule has 128 valence electrons. The summed E-state index contributed by atoms with van der Waals surface area (Å²) in [5.74, 6) is -11.4. The SMILES string of the molecule is O=C(COc1ccc(Cl)cc1)OCc1c(F)c(F)c(F)c(F)c1F. The van der Waals surface area contributed by atoms with Gasteiger partial charge in [0.05, 0.1) is 5.56 Å². The number of esters is 1. The Bertz CT molecular complexity index is 736. The molecule has 0 heterocycles. The summed E-state index contributed by atoms with van der Waals surface area (Å²) >= 11 is 5.65. The van der Waals surface area contributed by atoms with Crippen LogP contribution in [0.3, 0.4) is 0 Å². The van der Waals surface area contributed by atoms with E-state index in [1.807, 2.05) is 0 Å². The fourth-order valence-corrected chi connectivity index (χ4v) is 1.77. The van der Waals surface area contributed by atoms with Gasteiger partial charge in [-0.15, -0.1) is 0 Å². The van der Waals surface area contributed by atoms with Gasteiger partial charge >= 0.3 is 5.97 Å². The average molecular weight is 367 g/mol. The second kappa shape index (κ2) is 7.48. The van der Waals surface area contributed by atoms with Gasteiger partial charge in [0.1, 0.15) is 12.4 Å². The Balaban J connectivity index is 1.98. The molecule has 0 radical (unpaired) electrons. The van der Waals surface area contributed by atoms with Crippen LogP contribution in [-0.2, 0) is 16.1 Å². The van der Waals surface area contributed by atoms with Gasteiger partial charge in [-0.1, -0.05) is 11.6 Å². The Morgan fingerprint density at radius 1 is 0.875 bits per heavy atom. The molecule has 0 atom stereocenters.